The fourth-order valence-electron chi connectivity index (χ4n) is 1.70. The average molecular weight is 267 g/mol. The Balaban J connectivity index is 3.02. The first kappa shape index (κ1) is 12.3. The summed E-state index contributed by atoms with van der Waals surface area (Å²) in [5.74, 6) is -2.63. The van der Waals surface area contributed by atoms with Crippen molar-refractivity contribution in [3.05, 3.63) is 35.9 Å². The van der Waals surface area contributed by atoms with Gasteiger partial charge in [-0.25, -0.2) is 4.79 Å². The minimum atomic E-state index is -4.77. The summed E-state index contributed by atoms with van der Waals surface area (Å²) in [7, 11) is -4.77. The van der Waals surface area contributed by atoms with Crippen molar-refractivity contribution in [1.29, 1.82) is 0 Å². The Morgan fingerprint density at radius 2 is 1.78 bits per heavy atom. The van der Waals surface area contributed by atoms with Gasteiger partial charge >= 0.3 is 5.97 Å². The van der Waals surface area contributed by atoms with Crippen LogP contribution >= 0.6 is 0 Å². The molecule has 0 spiro atoms. The van der Waals surface area contributed by atoms with Gasteiger partial charge in [0.05, 0.1) is 0 Å². The van der Waals surface area contributed by atoms with Crippen LogP contribution in [0.25, 0.3) is 10.8 Å². The highest BCUT2D eigenvalue weighted by Gasteiger charge is 2.26. The topological polar surface area (TPSA) is 112 Å². The normalized spacial score (nSPS) is 11.6. The summed E-state index contributed by atoms with van der Waals surface area (Å²) >= 11 is 0. The van der Waals surface area contributed by atoms with Crippen molar-refractivity contribution >= 4 is 26.9 Å². The molecule has 7 heteroatoms. The fraction of sp³-hybridized carbons (Fsp3) is 0. The van der Waals surface area contributed by atoms with Gasteiger partial charge in [-0.2, -0.15) is 8.42 Å². The van der Waals surface area contributed by atoms with E-state index in [0.717, 1.165) is 6.07 Å². The van der Waals surface area contributed by atoms with E-state index < -0.39 is 32.3 Å². The van der Waals surface area contributed by atoms with Gasteiger partial charge in [0, 0.05) is 5.39 Å². The smallest absolute Gasteiger partial charge is 0.341 e. The highest BCUT2D eigenvalue weighted by molar-refractivity contribution is 7.86. The summed E-state index contributed by atoms with van der Waals surface area (Å²) in [6, 6.07) is 6.91. The molecule has 0 heterocycles. The molecule has 0 unspecified atom stereocenters. The quantitative estimate of drug-likeness (QED) is 0.807. The van der Waals surface area contributed by atoms with Crippen molar-refractivity contribution in [2.24, 2.45) is 0 Å². The lowest BCUT2D eigenvalue weighted by molar-refractivity contribution is 0.0687. The van der Waals surface area contributed by atoms with E-state index >= 15 is 0 Å². The Hall–Kier alpha value is -2.12. The molecule has 1 radical (unpaired) electrons. The molecule has 0 bridgehead atoms. The zero-order chi connectivity index (χ0) is 13.5. The van der Waals surface area contributed by atoms with Gasteiger partial charge in [0.15, 0.2) is 0 Å². The molecule has 93 valence electrons. The van der Waals surface area contributed by atoms with Gasteiger partial charge in [-0.1, -0.05) is 24.3 Å². The summed E-state index contributed by atoms with van der Waals surface area (Å²) in [6.45, 7) is 0. The summed E-state index contributed by atoms with van der Waals surface area (Å²) in [5, 5.41) is 21.1. The van der Waals surface area contributed by atoms with E-state index in [1.54, 1.807) is 6.07 Å². The van der Waals surface area contributed by atoms with Gasteiger partial charge in [-0.05, 0) is 11.5 Å². The molecule has 2 aromatic carbocycles. The van der Waals surface area contributed by atoms with Crippen molar-refractivity contribution < 1.29 is 28.0 Å². The zero-order valence-electron chi connectivity index (χ0n) is 8.82. The Morgan fingerprint density at radius 1 is 1.17 bits per heavy atom. The minimum absolute atomic E-state index is 0.0855. The number of hydrogen-bond donors (Lipinski definition) is 2. The van der Waals surface area contributed by atoms with Gasteiger partial charge in [-0.3, -0.25) is 9.66 Å². The zero-order valence-corrected chi connectivity index (χ0v) is 9.64. The van der Waals surface area contributed by atoms with E-state index in [2.05, 4.69) is 0 Å². The maximum atomic E-state index is 11.9. The summed E-state index contributed by atoms with van der Waals surface area (Å²) in [5.41, 5.74) is -0.948. The summed E-state index contributed by atoms with van der Waals surface area (Å²) in [6.07, 6.45) is 0. The third kappa shape index (κ3) is 1.89. The van der Waals surface area contributed by atoms with Crippen LogP contribution in [0.4, 0.5) is 0 Å². The van der Waals surface area contributed by atoms with Crippen molar-refractivity contribution in [2.45, 2.75) is 4.90 Å². The van der Waals surface area contributed by atoms with Gasteiger partial charge in [0.25, 0.3) is 10.1 Å². The van der Waals surface area contributed by atoms with Crippen LogP contribution in [0.1, 0.15) is 10.4 Å². The van der Waals surface area contributed by atoms with Gasteiger partial charge < -0.3 is 5.11 Å². The Morgan fingerprint density at radius 3 is 2.33 bits per heavy atom. The third-order valence-corrected chi connectivity index (χ3v) is 3.34. The van der Waals surface area contributed by atoms with Crippen LogP contribution in [-0.2, 0) is 15.2 Å². The van der Waals surface area contributed by atoms with E-state index in [1.807, 2.05) is 0 Å². The maximum Gasteiger partial charge on any atom is 0.341 e. The summed E-state index contributed by atoms with van der Waals surface area (Å²) < 4.78 is 31.2. The summed E-state index contributed by atoms with van der Waals surface area (Å²) in [4.78, 5) is 10.1. The Kier molecular flexibility index (Phi) is 2.72. The number of fused-ring (bicyclic) bond motifs is 1. The molecule has 0 saturated carbocycles. The van der Waals surface area contributed by atoms with Crippen LogP contribution in [0.2, 0.25) is 0 Å². The second-order valence-corrected chi connectivity index (χ2v) is 4.97. The van der Waals surface area contributed by atoms with E-state index in [4.69, 9.17) is 9.66 Å². The van der Waals surface area contributed by atoms with E-state index in [9.17, 15) is 18.3 Å². The standard InChI is InChI=1S/C11H7O6S/c12-10-7-4-2-1-3-6(7)5-8(18(15,16)17)9(10)11(13)14/h1-5H,(H,13,14)(H,15,16,17). The molecule has 18 heavy (non-hydrogen) atoms. The van der Waals surface area contributed by atoms with E-state index in [-0.39, 0.29) is 10.8 Å². The molecule has 0 aliphatic carbocycles. The molecule has 0 amide bonds. The molecular weight excluding hydrogens is 260 g/mol. The predicted octanol–water partition coefficient (Wildman–Crippen LogP) is 1.93. The number of hydrogen-bond acceptors (Lipinski definition) is 3. The highest BCUT2D eigenvalue weighted by atomic mass is 32.2. The van der Waals surface area contributed by atoms with Crippen LogP contribution in [0.5, 0.6) is 5.75 Å². The SMILES string of the molecule is [O]c1c(C(=O)O)c(S(=O)(=O)O)cc2ccccc12. The second kappa shape index (κ2) is 3.97. The molecular formula is C11H7O6S. The number of aromatic carboxylic acids is 1. The second-order valence-electron chi connectivity index (χ2n) is 3.58. The molecule has 0 fully saturated rings. The predicted molar refractivity (Wildman–Crippen MR) is 60.9 cm³/mol. The minimum Gasteiger partial charge on any atom is -0.478 e. The lowest BCUT2D eigenvalue weighted by atomic mass is 10.1. The van der Waals surface area contributed by atoms with Crippen LogP contribution in [0.15, 0.2) is 35.2 Å². The average Bonchev–Trinajstić information content (AvgIpc) is 2.27. The van der Waals surface area contributed by atoms with Crippen molar-refractivity contribution in [2.75, 3.05) is 0 Å². The molecule has 0 aromatic heterocycles. The highest BCUT2D eigenvalue weighted by Crippen LogP contribution is 2.34. The van der Waals surface area contributed by atoms with Crippen LogP contribution in [0, 0.1) is 0 Å². The lowest BCUT2D eigenvalue weighted by Crippen LogP contribution is -2.08. The van der Waals surface area contributed by atoms with E-state index in [1.165, 1.54) is 18.2 Å². The lowest BCUT2D eigenvalue weighted by Gasteiger charge is -2.07. The van der Waals surface area contributed by atoms with Crippen LogP contribution in [-0.4, -0.2) is 24.0 Å². The first-order chi connectivity index (χ1) is 8.32. The Labute approximate surface area is 102 Å². The van der Waals surface area contributed by atoms with Crippen molar-refractivity contribution in [3.63, 3.8) is 0 Å². The molecule has 0 atom stereocenters. The number of carboxylic acids is 1. The number of carboxylic acid groups (broad SMARTS) is 1. The van der Waals surface area contributed by atoms with Gasteiger partial charge in [0.1, 0.15) is 10.5 Å². The molecule has 2 aromatic rings. The fourth-order valence-corrected chi connectivity index (χ4v) is 2.41. The number of benzene rings is 2. The molecule has 6 nitrogen and oxygen atoms in total. The monoisotopic (exact) mass is 267 g/mol. The van der Waals surface area contributed by atoms with Crippen molar-refractivity contribution in [1.82, 2.24) is 0 Å². The molecule has 2 rings (SSSR count). The maximum absolute atomic E-state index is 11.9. The van der Waals surface area contributed by atoms with Gasteiger partial charge in [0.2, 0.25) is 5.75 Å². The van der Waals surface area contributed by atoms with Crippen LogP contribution < -0.4 is 0 Å². The largest absolute Gasteiger partial charge is 0.478 e. The number of carbonyl (C=O) groups is 1. The van der Waals surface area contributed by atoms with Crippen LogP contribution in [0.3, 0.4) is 0 Å². The molecule has 2 N–H and O–H groups in total. The first-order valence-electron chi connectivity index (χ1n) is 4.76. The van der Waals surface area contributed by atoms with Gasteiger partial charge in [-0.15, -0.1) is 0 Å². The molecule has 0 aliphatic rings. The third-order valence-electron chi connectivity index (χ3n) is 2.46. The van der Waals surface area contributed by atoms with E-state index in [0.29, 0.717) is 0 Å². The molecule has 0 saturated heterocycles. The number of rotatable bonds is 2. The molecule has 0 aliphatic heterocycles. The Bertz CT molecular complexity index is 747. The first-order valence-corrected chi connectivity index (χ1v) is 6.20. The van der Waals surface area contributed by atoms with Crippen molar-refractivity contribution in [3.8, 4) is 5.75 Å².